The molecule has 1 saturated carbocycles. The van der Waals surface area contributed by atoms with Crippen LogP contribution in [-0.4, -0.2) is 12.1 Å². The summed E-state index contributed by atoms with van der Waals surface area (Å²) in [6.45, 7) is 0. The summed E-state index contributed by atoms with van der Waals surface area (Å²) < 4.78 is 0. The first-order valence-electron chi connectivity index (χ1n) is 4.24. The van der Waals surface area contributed by atoms with Crippen LogP contribution in [0.3, 0.4) is 0 Å². The van der Waals surface area contributed by atoms with E-state index < -0.39 is 0 Å². The maximum Gasteiger partial charge on any atom is 0.0549 e. The lowest BCUT2D eigenvalue weighted by molar-refractivity contribution is 0.587. The average Bonchev–Trinajstić information content (AvgIpc) is 2.81. The molecule has 0 amide bonds. The molecule has 0 spiro atoms. The molecule has 1 atom stereocenters. The van der Waals surface area contributed by atoms with Crippen molar-refractivity contribution >= 4 is 23.2 Å². The molecule has 1 fully saturated rings. The summed E-state index contributed by atoms with van der Waals surface area (Å²) in [4.78, 5) is 0. The molecular weight excluding hydrogens is 193 g/mol. The Balaban J connectivity index is 1.92. The molecule has 3 heteroatoms. The molecule has 1 unspecified atom stereocenters. The maximum atomic E-state index is 5.92. The Bertz CT molecular complexity index is 241. The lowest BCUT2D eigenvalue weighted by Crippen LogP contribution is -2.30. The first-order valence-corrected chi connectivity index (χ1v) is 4.99. The third-order valence-corrected chi connectivity index (χ3v) is 2.97. The Labute approximate surface area is 82.4 Å². The van der Waals surface area contributed by atoms with Crippen LogP contribution in [0.2, 0.25) is 0 Å². The Morgan fingerprint density at radius 2 is 2.08 bits per heavy atom. The van der Waals surface area contributed by atoms with Crippen molar-refractivity contribution < 1.29 is 0 Å². The van der Waals surface area contributed by atoms with Crippen LogP contribution in [0.5, 0.6) is 0 Å². The van der Waals surface area contributed by atoms with Crippen LogP contribution in [0.25, 0.3) is 0 Å². The Hall–Kier alpha value is 0.0200. The normalized spacial score (nSPS) is 29.7. The minimum absolute atomic E-state index is 0.396. The van der Waals surface area contributed by atoms with Crippen LogP contribution in [0.15, 0.2) is 22.2 Å². The summed E-state index contributed by atoms with van der Waals surface area (Å²) in [6, 6.07) is 1.12. The second kappa shape index (κ2) is 3.41. The summed E-state index contributed by atoms with van der Waals surface area (Å²) in [7, 11) is 0. The van der Waals surface area contributed by atoms with Gasteiger partial charge in [0.15, 0.2) is 0 Å². The minimum Gasteiger partial charge on any atom is -0.307 e. The predicted octanol–water partition coefficient (Wildman–Crippen LogP) is 2.76. The van der Waals surface area contributed by atoms with Crippen molar-refractivity contribution in [2.45, 2.75) is 31.3 Å². The molecule has 0 saturated heterocycles. The second-order valence-corrected chi connectivity index (χ2v) is 4.23. The first kappa shape index (κ1) is 8.61. The van der Waals surface area contributed by atoms with Gasteiger partial charge in [-0.3, -0.25) is 0 Å². The van der Waals surface area contributed by atoms with Crippen molar-refractivity contribution in [1.29, 1.82) is 0 Å². The number of hydrogen-bond donors (Lipinski definition) is 1. The van der Waals surface area contributed by atoms with Crippen LogP contribution in [-0.2, 0) is 0 Å². The smallest absolute Gasteiger partial charge is 0.0549 e. The molecule has 2 rings (SSSR count). The van der Waals surface area contributed by atoms with E-state index in [0.29, 0.717) is 11.1 Å². The summed E-state index contributed by atoms with van der Waals surface area (Å²) in [5, 5.41) is 4.94. The number of halogens is 2. The maximum absolute atomic E-state index is 5.92. The molecule has 0 aromatic carbocycles. The van der Waals surface area contributed by atoms with E-state index in [1.54, 1.807) is 0 Å². The van der Waals surface area contributed by atoms with Gasteiger partial charge in [-0.2, -0.15) is 0 Å². The molecule has 0 bridgehead atoms. The summed E-state index contributed by atoms with van der Waals surface area (Å²) in [5.41, 5.74) is 0. The standard InChI is InChI=1S/C9H11Cl2N/c10-8-4-3-7(5-9(8)11)12-6-1-2-6/h3-4,6-7,12H,1-2,5H2. The molecule has 0 aromatic heterocycles. The van der Waals surface area contributed by atoms with Gasteiger partial charge < -0.3 is 5.32 Å². The van der Waals surface area contributed by atoms with Crippen LogP contribution >= 0.6 is 23.2 Å². The monoisotopic (exact) mass is 203 g/mol. The molecule has 1 nitrogen and oxygen atoms in total. The van der Waals surface area contributed by atoms with Crippen LogP contribution in [0.1, 0.15) is 19.3 Å². The lowest BCUT2D eigenvalue weighted by Gasteiger charge is -2.17. The highest BCUT2D eigenvalue weighted by atomic mass is 35.5. The van der Waals surface area contributed by atoms with E-state index in [4.69, 9.17) is 23.2 Å². The lowest BCUT2D eigenvalue weighted by atomic mass is 10.1. The topological polar surface area (TPSA) is 12.0 Å². The molecule has 66 valence electrons. The molecule has 2 aliphatic rings. The highest BCUT2D eigenvalue weighted by Gasteiger charge is 2.25. The van der Waals surface area contributed by atoms with E-state index in [2.05, 4.69) is 11.4 Å². The van der Waals surface area contributed by atoms with Crippen molar-refractivity contribution in [2.75, 3.05) is 0 Å². The molecule has 0 aromatic rings. The first-order chi connectivity index (χ1) is 5.75. The summed E-state index contributed by atoms with van der Waals surface area (Å²) in [6.07, 6.45) is 7.42. The molecule has 2 aliphatic carbocycles. The van der Waals surface area contributed by atoms with Crippen molar-refractivity contribution in [2.24, 2.45) is 0 Å². The van der Waals surface area contributed by atoms with Gasteiger partial charge in [0.25, 0.3) is 0 Å². The molecule has 12 heavy (non-hydrogen) atoms. The SMILES string of the molecule is ClC1=C(Cl)CC(NC2CC2)C=C1. The fraction of sp³-hybridized carbons (Fsp3) is 0.556. The average molecular weight is 204 g/mol. The van der Waals surface area contributed by atoms with E-state index in [-0.39, 0.29) is 0 Å². The zero-order chi connectivity index (χ0) is 8.55. The van der Waals surface area contributed by atoms with Crippen LogP contribution < -0.4 is 5.32 Å². The van der Waals surface area contributed by atoms with Crippen LogP contribution in [0.4, 0.5) is 0 Å². The van der Waals surface area contributed by atoms with Crippen molar-refractivity contribution in [1.82, 2.24) is 5.32 Å². The van der Waals surface area contributed by atoms with Gasteiger partial charge in [-0.15, -0.1) is 0 Å². The van der Waals surface area contributed by atoms with E-state index in [9.17, 15) is 0 Å². The largest absolute Gasteiger partial charge is 0.307 e. The Morgan fingerprint density at radius 1 is 1.33 bits per heavy atom. The zero-order valence-corrected chi connectivity index (χ0v) is 8.20. The minimum atomic E-state index is 0.396. The van der Waals surface area contributed by atoms with E-state index in [0.717, 1.165) is 17.5 Å². The molecule has 0 heterocycles. The van der Waals surface area contributed by atoms with E-state index in [1.807, 2.05) is 6.08 Å². The van der Waals surface area contributed by atoms with Crippen LogP contribution in [0, 0.1) is 0 Å². The second-order valence-electron chi connectivity index (χ2n) is 3.36. The highest BCUT2D eigenvalue weighted by molar-refractivity contribution is 6.40. The van der Waals surface area contributed by atoms with Gasteiger partial charge in [-0.25, -0.2) is 0 Å². The predicted molar refractivity (Wildman–Crippen MR) is 52.4 cm³/mol. The van der Waals surface area contributed by atoms with Gasteiger partial charge in [-0.05, 0) is 18.9 Å². The Kier molecular flexibility index (Phi) is 2.44. The van der Waals surface area contributed by atoms with Gasteiger partial charge in [0.05, 0.1) is 5.03 Å². The third kappa shape index (κ3) is 2.03. The number of allylic oxidation sites excluding steroid dienone is 2. The molecule has 0 radical (unpaired) electrons. The van der Waals surface area contributed by atoms with Crippen molar-refractivity contribution in [3.05, 3.63) is 22.2 Å². The third-order valence-electron chi connectivity index (χ3n) is 2.16. The fourth-order valence-electron chi connectivity index (χ4n) is 1.32. The molecule has 0 aliphatic heterocycles. The summed E-state index contributed by atoms with van der Waals surface area (Å²) >= 11 is 11.7. The molecular formula is C9H11Cl2N. The zero-order valence-electron chi connectivity index (χ0n) is 6.69. The molecule has 1 N–H and O–H groups in total. The van der Waals surface area contributed by atoms with Gasteiger partial charge in [-0.1, -0.05) is 29.3 Å². The number of nitrogens with one attached hydrogen (secondary N) is 1. The number of hydrogen-bond acceptors (Lipinski definition) is 1. The van der Waals surface area contributed by atoms with Gasteiger partial charge in [0.1, 0.15) is 0 Å². The fourth-order valence-corrected chi connectivity index (χ4v) is 1.70. The Morgan fingerprint density at radius 3 is 2.67 bits per heavy atom. The van der Waals surface area contributed by atoms with Gasteiger partial charge in [0, 0.05) is 23.5 Å². The van der Waals surface area contributed by atoms with E-state index in [1.165, 1.54) is 12.8 Å². The number of rotatable bonds is 2. The quantitative estimate of drug-likeness (QED) is 0.729. The summed E-state index contributed by atoms with van der Waals surface area (Å²) in [5.74, 6) is 0. The van der Waals surface area contributed by atoms with Crippen molar-refractivity contribution in [3.8, 4) is 0 Å². The van der Waals surface area contributed by atoms with Gasteiger partial charge in [0.2, 0.25) is 0 Å². The van der Waals surface area contributed by atoms with E-state index >= 15 is 0 Å². The van der Waals surface area contributed by atoms with Crippen molar-refractivity contribution in [3.63, 3.8) is 0 Å². The van der Waals surface area contributed by atoms with Gasteiger partial charge >= 0.3 is 0 Å². The highest BCUT2D eigenvalue weighted by Crippen LogP contribution is 2.27.